The van der Waals surface area contributed by atoms with Gasteiger partial charge in [-0.2, -0.15) is 0 Å². The van der Waals surface area contributed by atoms with Gasteiger partial charge in [0.05, 0.1) is 16.6 Å². The second kappa shape index (κ2) is 7.10. The summed E-state index contributed by atoms with van der Waals surface area (Å²) in [7, 11) is 1.28. The molecular weight excluding hydrogens is 338 g/mol. The maximum Gasteiger partial charge on any atom is 0.347 e. The second-order valence-electron chi connectivity index (χ2n) is 4.46. The van der Waals surface area contributed by atoms with E-state index in [1.165, 1.54) is 13.2 Å². The molecule has 0 fully saturated rings. The summed E-state index contributed by atoms with van der Waals surface area (Å²) in [6.45, 7) is 3.89. The van der Waals surface area contributed by atoms with Crippen LogP contribution in [0.1, 0.15) is 20.3 Å². The van der Waals surface area contributed by atoms with E-state index in [-0.39, 0.29) is 21.2 Å². The Morgan fingerprint density at radius 2 is 2.11 bits per heavy atom. The quantitative estimate of drug-likeness (QED) is 0.587. The van der Waals surface area contributed by atoms with E-state index in [9.17, 15) is 9.18 Å². The lowest BCUT2D eigenvalue weighted by atomic mass is 10.1. The fourth-order valence-corrected chi connectivity index (χ4v) is 2.18. The summed E-state index contributed by atoms with van der Waals surface area (Å²) in [5.41, 5.74) is 0. The van der Waals surface area contributed by atoms with E-state index >= 15 is 0 Å². The summed E-state index contributed by atoms with van der Waals surface area (Å²) in [4.78, 5) is 11.6. The Hall–Kier alpha value is -0.810. The first kappa shape index (κ1) is 16.2. The number of hydrogen-bond donors (Lipinski definition) is 0. The van der Waals surface area contributed by atoms with Gasteiger partial charge in [-0.3, -0.25) is 0 Å². The molecule has 0 radical (unpaired) electrons. The number of esters is 1. The van der Waals surface area contributed by atoms with Gasteiger partial charge in [0.15, 0.2) is 6.10 Å². The number of ether oxygens (including phenoxy) is 2. The first-order chi connectivity index (χ1) is 8.85. The molecule has 1 rings (SSSR count). The Bertz CT molecular complexity index is 465. The lowest BCUT2D eigenvalue weighted by molar-refractivity contribution is -0.149. The molecule has 6 heteroatoms. The minimum absolute atomic E-state index is 0.124. The number of carbonyl (C=O) groups is 1. The molecule has 0 bridgehead atoms. The van der Waals surface area contributed by atoms with Crippen molar-refractivity contribution in [3.8, 4) is 5.75 Å². The molecule has 1 aromatic carbocycles. The smallest absolute Gasteiger partial charge is 0.347 e. The highest BCUT2D eigenvalue weighted by molar-refractivity contribution is 9.10. The van der Waals surface area contributed by atoms with Crippen molar-refractivity contribution in [3.05, 3.63) is 27.4 Å². The van der Waals surface area contributed by atoms with E-state index in [2.05, 4.69) is 20.7 Å². The van der Waals surface area contributed by atoms with Crippen molar-refractivity contribution >= 4 is 33.5 Å². The highest BCUT2D eigenvalue weighted by Crippen LogP contribution is 2.31. The second-order valence-corrected chi connectivity index (χ2v) is 5.72. The summed E-state index contributed by atoms with van der Waals surface area (Å²) >= 11 is 8.98. The van der Waals surface area contributed by atoms with E-state index in [1.807, 2.05) is 13.8 Å². The number of benzene rings is 1. The van der Waals surface area contributed by atoms with Gasteiger partial charge in [0.1, 0.15) is 11.6 Å². The molecule has 0 saturated heterocycles. The molecule has 1 aromatic rings. The van der Waals surface area contributed by atoms with Gasteiger partial charge in [0.25, 0.3) is 0 Å². The van der Waals surface area contributed by atoms with E-state index in [1.54, 1.807) is 0 Å². The molecule has 0 saturated carbocycles. The number of halogens is 3. The Kier molecular flexibility index (Phi) is 6.07. The molecule has 1 unspecified atom stereocenters. The lowest BCUT2D eigenvalue weighted by Gasteiger charge is -2.19. The molecule has 0 aliphatic carbocycles. The molecule has 0 spiro atoms. The van der Waals surface area contributed by atoms with Gasteiger partial charge in [-0.15, -0.1) is 0 Å². The maximum absolute atomic E-state index is 13.5. The zero-order valence-electron chi connectivity index (χ0n) is 10.9. The van der Waals surface area contributed by atoms with Gasteiger partial charge in [0.2, 0.25) is 0 Å². The van der Waals surface area contributed by atoms with E-state index < -0.39 is 17.9 Å². The fraction of sp³-hybridized carbons (Fsp3) is 0.462. The number of carbonyl (C=O) groups excluding carboxylic acids is 1. The van der Waals surface area contributed by atoms with E-state index in [4.69, 9.17) is 16.3 Å². The SMILES string of the molecule is COC(=O)C(CC(C)C)Oc1cc(F)c(Br)cc1Cl. The van der Waals surface area contributed by atoms with Crippen LogP contribution in [0.4, 0.5) is 4.39 Å². The highest BCUT2D eigenvalue weighted by atomic mass is 79.9. The van der Waals surface area contributed by atoms with E-state index in [0.29, 0.717) is 6.42 Å². The number of rotatable bonds is 5. The predicted molar refractivity (Wildman–Crippen MR) is 75.0 cm³/mol. The van der Waals surface area contributed by atoms with Crippen LogP contribution in [0.15, 0.2) is 16.6 Å². The van der Waals surface area contributed by atoms with Crippen LogP contribution in [0.5, 0.6) is 5.75 Å². The average Bonchev–Trinajstić information content (AvgIpc) is 2.33. The van der Waals surface area contributed by atoms with Crippen molar-refractivity contribution in [1.82, 2.24) is 0 Å². The van der Waals surface area contributed by atoms with Crippen molar-refractivity contribution in [2.75, 3.05) is 7.11 Å². The molecule has 1 atom stereocenters. The van der Waals surface area contributed by atoms with Crippen molar-refractivity contribution in [1.29, 1.82) is 0 Å². The van der Waals surface area contributed by atoms with Gasteiger partial charge >= 0.3 is 5.97 Å². The minimum atomic E-state index is -0.803. The van der Waals surface area contributed by atoms with Gasteiger partial charge in [-0.05, 0) is 34.3 Å². The largest absolute Gasteiger partial charge is 0.477 e. The molecule has 106 valence electrons. The fourth-order valence-electron chi connectivity index (χ4n) is 1.50. The third-order valence-corrected chi connectivity index (χ3v) is 3.30. The van der Waals surface area contributed by atoms with Crippen LogP contribution in [-0.2, 0) is 9.53 Å². The van der Waals surface area contributed by atoms with Crippen LogP contribution in [-0.4, -0.2) is 19.2 Å². The normalized spacial score (nSPS) is 12.4. The molecule has 0 aliphatic rings. The first-order valence-corrected chi connectivity index (χ1v) is 6.91. The van der Waals surface area contributed by atoms with Crippen molar-refractivity contribution in [3.63, 3.8) is 0 Å². The van der Waals surface area contributed by atoms with Gasteiger partial charge in [-0.1, -0.05) is 25.4 Å². The topological polar surface area (TPSA) is 35.5 Å². The first-order valence-electron chi connectivity index (χ1n) is 5.74. The maximum atomic E-state index is 13.5. The third-order valence-electron chi connectivity index (χ3n) is 2.39. The summed E-state index contributed by atoms with van der Waals surface area (Å²) in [5.74, 6) is -0.665. The van der Waals surface area contributed by atoms with Crippen molar-refractivity contribution in [2.45, 2.75) is 26.4 Å². The molecule has 0 aliphatic heterocycles. The number of methoxy groups -OCH3 is 1. The molecule has 3 nitrogen and oxygen atoms in total. The summed E-state index contributed by atoms with van der Waals surface area (Å²) in [6, 6.07) is 2.53. The Labute approximate surface area is 125 Å². The average molecular weight is 354 g/mol. The van der Waals surface area contributed by atoms with E-state index in [0.717, 1.165) is 6.07 Å². The van der Waals surface area contributed by atoms with Crippen LogP contribution < -0.4 is 4.74 Å². The predicted octanol–water partition coefficient (Wildman–Crippen LogP) is 4.21. The van der Waals surface area contributed by atoms with Crippen LogP contribution in [0.2, 0.25) is 5.02 Å². The standard InChI is InChI=1S/C13H15BrClFO3/c1-7(2)4-12(13(17)18-3)19-11-6-10(16)8(14)5-9(11)15/h5-7,12H,4H2,1-3H3. The van der Waals surface area contributed by atoms with Crippen molar-refractivity contribution < 1.29 is 18.7 Å². The Balaban J connectivity index is 2.96. The number of hydrogen-bond acceptors (Lipinski definition) is 3. The Morgan fingerprint density at radius 1 is 1.47 bits per heavy atom. The third kappa shape index (κ3) is 4.66. The van der Waals surface area contributed by atoms with Crippen LogP contribution in [0.25, 0.3) is 0 Å². The molecule has 0 N–H and O–H groups in total. The van der Waals surface area contributed by atoms with Crippen LogP contribution >= 0.6 is 27.5 Å². The zero-order valence-corrected chi connectivity index (χ0v) is 13.2. The lowest BCUT2D eigenvalue weighted by Crippen LogP contribution is -2.30. The molecule has 0 amide bonds. The molecule has 0 aromatic heterocycles. The van der Waals surface area contributed by atoms with Crippen molar-refractivity contribution in [2.24, 2.45) is 5.92 Å². The van der Waals surface area contributed by atoms with Gasteiger partial charge in [0, 0.05) is 6.07 Å². The van der Waals surface area contributed by atoms with Gasteiger partial charge < -0.3 is 9.47 Å². The monoisotopic (exact) mass is 352 g/mol. The zero-order chi connectivity index (χ0) is 14.6. The van der Waals surface area contributed by atoms with Gasteiger partial charge in [-0.25, -0.2) is 9.18 Å². The summed E-state index contributed by atoms with van der Waals surface area (Å²) < 4.78 is 23.8. The summed E-state index contributed by atoms with van der Waals surface area (Å²) in [5, 5.41) is 0.228. The highest BCUT2D eigenvalue weighted by Gasteiger charge is 2.24. The summed E-state index contributed by atoms with van der Waals surface area (Å²) in [6.07, 6.45) is -0.344. The Morgan fingerprint density at radius 3 is 2.63 bits per heavy atom. The minimum Gasteiger partial charge on any atom is -0.477 e. The molecule has 0 heterocycles. The van der Waals surface area contributed by atoms with Crippen LogP contribution in [0, 0.1) is 11.7 Å². The molecular formula is C13H15BrClFO3. The molecule has 19 heavy (non-hydrogen) atoms. The van der Waals surface area contributed by atoms with Crippen LogP contribution in [0.3, 0.4) is 0 Å².